The highest BCUT2D eigenvalue weighted by Gasteiger charge is 2.70. The molecule has 76 valence electrons. The first kappa shape index (κ1) is 11.0. The molecule has 14 heavy (non-hydrogen) atoms. The van der Waals surface area contributed by atoms with E-state index < -0.39 is 0 Å². The molecule has 0 spiro atoms. The van der Waals surface area contributed by atoms with E-state index in [9.17, 15) is 0 Å². The number of rotatable bonds is 2. The van der Waals surface area contributed by atoms with Gasteiger partial charge in [-0.05, 0) is 25.0 Å². The number of alkyl halides is 2. The highest BCUT2D eigenvalue weighted by Crippen LogP contribution is 2.71. The first-order valence-corrected chi connectivity index (χ1v) is 6.86. The van der Waals surface area contributed by atoms with Gasteiger partial charge in [0, 0.05) is 10.9 Å². The summed E-state index contributed by atoms with van der Waals surface area (Å²) >= 11 is 9.22. The second kappa shape index (κ2) is 3.49. The SMILES string of the molecule is C[C@@H]1C(Br)(Br)[C@@]1(C)Sc1ccccn1. The molecule has 0 unspecified atom stereocenters. The number of pyridine rings is 1. The maximum absolute atomic E-state index is 4.33. The van der Waals surface area contributed by atoms with Crippen molar-refractivity contribution in [3.05, 3.63) is 24.4 Å². The Balaban J connectivity index is 2.15. The molecule has 0 bridgehead atoms. The van der Waals surface area contributed by atoms with Crippen LogP contribution >= 0.6 is 43.6 Å². The van der Waals surface area contributed by atoms with E-state index in [1.54, 1.807) is 0 Å². The maximum Gasteiger partial charge on any atom is 0.0995 e. The Morgan fingerprint density at radius 3 is 2.50 bits per heavy atom. The first-order valence-electron chi connectivity index (χ1n) is 4.46. The summed E-state index contributed by atoms with van der Waals surface area (Å²) in [5.41, 5.74) is 0. The van der Waals surface area contributed by atoms with Crippen LogP contribution in [0.1, 0.15) is 13.8 Å². The summed E-state index contributed by atoms with van der Waals surface area (Å²) in [5.74, 6) is 0.599. The zero-order valence-electron chi connectivity index (χ0n) is 8.00. The topological polar surface area (TPSA) is 12.9 Å². The molecule has 1 aromatic heterocycles. The smallest absolute Gasteiger partial charge is 0.0995 e. The van der Waals surface area contributed by atoms with Crippen LogP contribution in [-0.4, -0.2) is 13.0 Å². The van der Waals surface area contributed by atoms with E-state index in [1.165, 1.54) is 0 Å². The molecule has 1 fully saturated rings. The van der Waals surface area contributed by atoms with Gasteiger partial charge >= 0.3 is 0 Å². The fourth-order valence-corrected chi connectivity index (χ4v) is 4.95. The Morgan fingerprint density at radius 2 is 2.07 bits per heavy atom. The quantitative estimate of drug-likeness (QED) is 0.755. The third-order valence-corrected chi connectivity index (χ3v) is 8.00. The van der Waals surface area contributed by atoms with Gasteiger partial charge in [-0.3, -0.25) is 0 Å². The first-order chi connectivity index (χ1) is 6.48. The molecule has 1 aromatic rings. The Kier molecular flexibility index (Phi) is 2.73. The second-order valence-corrected chi connectivity index (χ2v) is 8.76. The predicted molar refractivity (Wildman–Crippen MR) is 68.2 cm³/mol. The van der Waals surface area contributed by atoms with Crippen LogP contribution in [0.25, 0.3) is 0 Å². The molecule has 1 nitrogen and oxygen atoms in total. The molecule has 1 aliphatic carbocycles. The minimum absolute atomic E-state index is 0.0647. The molecular weight excluding hydrogens is 326 g/mol. The molecule has 2 rings (SSSR count). The molecule has 1 saturated carbocycles. The van der Waals surface area contributed by atoms with Crippen LogP contribution in [0, 0.1) is 5.92 Å². The van der Waals surface area contributed by atoms with Crippen molar-refractivity contribution in [1.82, 2.24) is 4.98 Å². The molecule has 1 aliphatic rings. The molecule has 0 N–H and O–H groups in total. The Hall–Kier alpha value is 0.460. The predicted octanol–water partition coefficient (Wildman–Crippen LogP) is 4.07. The van der Waals surface area contributed by atoms with Gasteiger partial charge in [-0.1, -0.05) is 56.6 Å². The number of hydrogen-bond donors (Lipinski definition) is 0. The molecule has 0 saturated heterocycles. The number of aromatic nitrogens is 1. The molecule has 2 atom stereocenters. The van der Waals surface area contributed by atoms with Crippen LogP contribution in [0.3, 0.4) is 0 Å². The molecule has 0 aromatic carbocycles. The van der Waals surface area contributed by atoms with Crippen LogP contribution in [0.4, 0.5) is 0 Å². The fourth-order valence-electron chi connectivity index (χ4n) is 1.49. The molecule has 0 radical (unpaired) electrons. The number of hydrogen-bond acceptors (Lipinski definition) is 2. The lowest BCUT2D eigenvalue weighted by Crippen LogP contribution is -2.05. The summed E-state index contributed by atoms with van der Waals surface area (Å²) < 4.78 is 0.260. The van der Waals surface area contributed by atoms with Gasteiger partial charge in [0.15, 0.2) is 0 Å². The number of thioether (sulfide) groups is 1. The number of halogens is 2. The van der Waals surface area contributed by atoms with Gasteiger partial charge in [0.2, 0.25) is 0 Å². The lowest BCUT2D eigenvalue weighted by molar-refractivity contribution is 0.874. The van der Waals surface area contributed by atoms with Crippen molar-refractivity contribution in [1.29, 1.82) is 0 Å². The zero-order chi connectivity index (χ0) is 10.4. The van der Waals surface area contributed by atoms with E-state index in [2.05, 4.69) is 56.8 Å². The zero-order valence-corrected chi connectivity index (χ0v) is 12.0. The summed E-state index contributed by atoms with van der Waals surface area (Å²) in [6, 6.07) is 6.02. The van der Waals surface area contributed by atoms with E-state index in [0.29, 0.717) is 5.92 Å². The fraction of sp³-hybridized carbons (Fsp3) is 0.500. The monoisotopic (exact) mass is 335 g/mol. The van der Waals surface area contributed by atoms with Crippen molar-refractivity contribution in [2.75, 3.05) is 0 Å². The van der Waals surface area contributed by atoms with Crippen LogP contribution in [0.2, 0.25) is 0 Å². The van der Waals surface area contributed by atoms with Crippen LogP contribution in [0.5, 0.6) is 0 Å². The highest BCUT2D eigenvalue weighted by atomic mass is 79.9. The standard InChI is InChI=1S/C10H11Br2NS/c1-7-9(2,10(7,11)12)14-8-5-3-4-6-13-8/h3-7H,1-2H3/t7-,9-/m0/s1. The van der Waals surface area contributed by atoms with E-state index in [4.69, 9.17) is 0 Å². The van der Waals surface area contributed by atoms with E-state index in [0.717, 1.165) is 5.03 Å². The maximum atomic E-state index is 4.33. The van der Waals surface area contributed by atoms with Gasteiger partial charge < -0.3 is 0 Å². The summed E-state index contributed by atoms with van der Waals surface area (Å²) in [6.07, 6.45) is 1.84. The van der Waals surface area contributed by atoms with Gasteiger partial charge in [-0.2, -0.15) is 0 Å². The average Bonchev–Trinajstić information content (AvgIpc) is 2.52. The van der Waals surface area contributed by atoms with Gasteiger partial charge in [0.1, 0.15) is 0 Å². The minimum atomic E-state index is 0.0647. The third-order valence-electron chi connectivity index (χ3n) is 2.90. The molecule has 0 aliphatic heterocycles. The largest absolute Gasteiger partial charge is 0.250 e. The molecule has 0 amide bonds. The van der Waals surface area contributed by atoms with Gasteiger partial charge in [-0.15, -0.1) is 0 Å². The van der Waals surface area contributed by atoms with Crippen molar-refractivity contribution in [3.8, 4) is 0 Å². The summed E-state index contributed by atoms with van der Waals surface area (Å²) in [4.78, 5) is 4.33. The Bertz CT molecular complexity index is 341. The van der Waals surface area contributed by atoms with Crippen molar-refractivity contribution < 1.29 is 0 Å². The lowest BCUT2D eigenvalue weighted by Gasteiger charge is -2.10. The Labute approximate surface area is 105 Å². The van der Waals surface area contributed by atoms with Gasteiger partial charge in [0.05, 0.1) is 8.26 Å². The normalized spacial score (nSPS) is 34.1. The Morgan fingerprint density at radius 1 is 1.43 bits per heavy atom. The van der Waals surface area contributed by atoms with Gasteiger partial charge in [-0.25, -0.2) is 4.98 Å². The van der Waals surface area contributed by atoms with Crippen LogP contribution in [0.15, 0.2) is 29.4 Å². The van der Waals surface area contributed by atoms with E-state index in [-0.39, 0.29) is 7.98 Å². The minimum Gasteiger partial charge on any atom is -0.250 e. The highest BCUT2D eigenvalue weighted by molar-refractivity contribution is 9.25. The van der Waals surface area contributed by atoms with Crippen molar-refractivity contribution >= 4 is 43.6 Å². The van der Waals surface area contributed by atoms with Crippen LogP contribution < -0.4 is 0 Å². The summed E-state index contributed by atoms with van der Waals surface area (Å²) in [7, 11) is 0. The van der Waals surface area contributed by atoms with Gasteiger partial charge in [0.25, 0.3) is 0 Å². The summed E-state index contributed by atoms with van der Waals surface area (Å²) in [5, 5.41) is 1.09. The lowest BCUT2D eigenvalue weighted by atomic mass is 10.4. The van der Waals surface area contributed by atoms with Crippen molar-refractivity contribution in [2.45, 2.75) is 26.9 Å². The van der Waals surface area contributed by atoms with E-state index in [1.807, 2.05) is 30.1 Å². The van der Waals surface area contributed by atoms with Crippen molar-refractivity contribution in [2.24, 2.45) is 5.92 Å². The van der Waals surface area contributed by atoms with E-state index >= 15 is 0 Å². The number of nitrogens with zero attached hydrogens (tertiary/aromatic N) is 1. The van der Waals surface area contributed by atoms with Crippen molar-refractivity contribution in [3.63, 3.8) is 0 Å². The molecule has 4 heteroatoms. The molecular formula is C10H11Br2NS. The molecule has 1 heterocycles. The third kappa shape index (κ3) is 1.55. The summed E-state index contributed by atoms with van der Waals surface area (Å²) in [6.45, 7) is 4.49. The van der Waals surface area contributed by atoms with Crippen LogP contribution in [-0.2, 0) is 0 Å². The second-order valence-electron chi connectivity index (χ2n) is 3.72. The average molecular weight is 337 g/mol.